The number of amides is 2. The van der Waals surface area contributed by atoms with Crippen LogP contribution in [0.15, 0.2) is 47.1 Å². The number of carbonyl (C=O) groups is 2. The van der Waals surface area contributed by atoms with E-state index in [1.807, 2.05) is 21.9 Å². The lowest BCUT2D eigenvalue weighted by atomic mass is 10.0. The Morgan fingerprint density at radius 1 is 0.969 bits per heavy atom. The van der Waals surface area contributed by atoms with Crippen LogP contribution >= 0.6 is 0 Å². The summed E-state index contributed by atoms with van der Waals surface area (Å²) in [4.78, 5) is 29.8. The Kier molecular flexibility index (Phi) is 5.60. The maximum Gasteiger partial charge on any atom is 0.257 e. The zero-order valence-electron chi connectivity index (χ0n) is 18.4. The Morgan fingerprint density at radius 3 is 2.56 bits per heavy atom. The van der Waals surface area contributed by atoms with E-state index in [1.165, 1.54) is 17.5 Å². The Balaban J connectivity index is 1.26. The van der Waals surface area contributed by atoms with E-state index >= 15 is 0 Å². The van der Waals surface area contributed by atoms with Crippen LogP contribution in [0, 0.1) is 0 Å². The first-order valence-corrected chi connectivity index (χ1v) is 11.4. The third-order valence-electron chi connectivity index (χ3n) is 6.68. The molecule has 1 saturated heterocycles. The monoisotopic (exact) mass is 432 g/mol. The van der Waals surface area contributed by atoms with Gasteiger partial charge < -0.3 is 19.0 Å². The molecule has 1 aromatic heterocycles. The van der Waals surface area contributed by atoms with E-state index in [0.717, 1.165) is 35.8 Å². The van der Waals surface area contributed by atoms with Crippen molar-refractivity contribution in [3.63, 3.8) is 0 Å². The number of ether oxygens (including phenoxy) is 1. The van der Waals surface area contributed by atoms with E-state index in [9.17, 15) is 9.59 Å². The van der Waals surface area contributed by atoms with Crippen LogP contribution in [0.2, 0.25) is 0 Å². The second-order valence-corrected chi connectivity index (χ2v) is 8.64. The third-order valence-corrected chi connectivity index (χ3v) is 6.68. The molecule has 5 rings (SSSR count). The van der Waals surface area contributed by atoms with Gasteiger partial charge in [-0.25, -0.2) is 0 Å². The van der Waals surface area contributed by atoms with Crippen molar-refractivity contribution >= 4 is 22.8 Å². The number of aryl methyl sites for hydroxylation is 2. The molecule has 0 radical (unpaired) electrons. The van der Waals surface area contributed by atoms with Crippen LogP contribution in [0.4, 0.5) is 0 Å². The summed E-state index contributed by atoms with van der Waals surface area (Å²) in [6, 6.07) is 11.6. The van der Waals surface area contributed by atoms with Crippen molar-refractivity contribution in [1.29, 1.82) is 0 Å². The average molecular weight is 433 g/mol. The molecule has 1 fully saturated rings. The van der Waals surface area contributed by atoms with E-state index in [-0.39, 0.29) is 11.8 Å². The number of benzene rings is 2. The lowest BCUT2D eigenvalue weighted by Gasteiger charge is -2.23. The molecule has 32 heavy (non-hydrogen) atoms. The minimum absolute atomic E-state index is 0.0496. The van der Waals surface area contributed by atoms with Crippen LogP contribution in [0.1, 0.15) is 39.9 Å². The molecule has 6 heteroatoms. The molecule has 6 nitrogen and oxygen atoms in total. The van der Waals surface area contributed by atoms with Crippen LogP contribution in [0.3, 0.4) is 0 Å². The minimum atomic E-state index is -0.0496. The van der Waals surface area contributed by atoms with Crippen LogP contribution in [-0.4, -0.2) is 54.9 Å². The largest absolute Gasteiger partial charge is 0.496 e. The van der Waals surface area contributed by atoms with Gasteiger partial charge in [-0.05, 0) is 61.1 Å². The highest BCUT2D eigenvalue weighted by Gasteiger charge is 2.25. The van der Waals surface area contributed by atoms with E-state index < -0.39 is 0 Å². The standard InChI is InChI=1S/C26H28N2O4/c1-31-23-9-3-2-8-21(23)26(30)28-11-5-10-27(12-13-28)25(29)16-20-17-32-24-15-19-7-4-6-18(19)14-22(20)24/h2-3,8-9,14-15,17H,4-7,10-13,16H2,1H3. The fourth-order valence-electron chi connectivity index (χ4n) is 4.92. The van der Waals surface area contributed by atoms with Gasteiger partial charge in [0.05, 0.1) is 25.4 Å². The molecule has 0 atom stereocenters. The quantitative estimate of drug-likeness (QED) is 0.628. The summed E-state index contributed by atoms with van der Waals surface area (Å²) in [5, 5.41) is 1.06. The van der Waals surface area contributed by atoms with E-state index in [0.29, 0.717) is 43.9 Å². The van der Waals surface area contributed by atoms with E-state index in [4.69, 9.17) is 9.15 Å². The van der Waals surface area contributed by atoms with Crippen LogP contribution < -0.4 is 4.74 Å². The van der Waals surface area contributed by atoms with Crippen molar-refractivity contribution in [2.75, 3.05) is 33.3 Å². The van der Waals surface area contributed by atoms with E-state index in [2.05, 4.69) is 12.1 Å². The maximum absolute atomic E-state index is 13.1. The van der Waals surface area contributed by atoms with Gasteiger partial charge in [-0.1, -0.05) is 12.1 Å². The molecule has 2 aromatic carbocycles. The van der Waals surface area contributed by atoms with Gasteiger partial charge in [0, 0.05) is 37.1 Å². The number of rotatable bonds is 4. The summed E-state index contributed by atoms with van der Waals surface area (Å²) in [5.74, 6) is 0.610. The van der Waals surface area contributed by atoms with Gasteiger partial charge in [-0.2, -0.15) is 0 Å². The fourth-order valence-corrected chi connectivity index (χ4v) is 4.92. The predicted molar refractivity (Wildman–Crippen MR) is 122 cm³/mol. The highest BCUT2D eigenvalue weighted by Crippen LogP contribution is 2.31. The molecule has 1 aliphatic carbocycles. The normalized spacial score (nSPS) is 16.2. The maximum atomic E-state index is 13.1. The fraction of sp³-hybridized carbons (Fsp3) is 0.385. The van der Waals surface area contributed by atoms with Gasteiger partial charge in [0.15, 0.2) is 0 Å². The molecule has 2 amide bonds. The zero-order valence-corrected chi connectivity index (χ0v) is 18.4. The number of para-hydroxylation sites is 1. The summed E-state index contributed by atoms with van der Waals surface area (Å²) in [7, 11) is 1.57. The number of methoxy groups -OCH3 is 1. The summed E-state index contributed by atoms with van der Waals surface area (Å²) >= 11 is 0. The van der Waals surface area contributed by atoms with Gasteiger partial charge in [0.1, 0.15) is 11.3 Å². The molecule has 0 spiro atoms. The van der Waals surface area contributed by atoms with Gasteiger partial charge in [-0.15, -0.1) is 0 Å². The van der Waals surface area contributed by atoms with Crippen molar-refractivity contribution in [2.45, 2.75) is 32.1 Å². The van der Waals surface area contributed by atoms with Crippen molar-refractivity contribution < 1.29 is 18.7 Å². The Hall–Kier alpha value is -3.28. The molecule has 3 aromatic rings. The molecular formula is C26H28N2O4. The molecule has 0 unspecified atom stereocenters. The lowest BCUT2D eigenvalue weighted by molar-refractivity contribution is -0.130. The summed E-state index contributed by atoms with van der Waals surface area (Å²) in [5.41, 5.74) is 5.14. The molecule has 1 aliphatic heterocycles. The number of carbonyl (C=O) groups excluding carboxylic acids is 2. The van der Waals surface area contributed by atoms with Gasteiger partial charge in [0.25, 0.3) is 5.91 Å². The first kappa shape index (κ1) is 20.6. The Morgan fingerprint density at radius 2 is 1.72 bits per heavy atom. The molecule has 2 aliphatic rings. The lowest BCUT2D eigenvalue weighted by Crippen LogP contribution is -2.38. The van der Waals surface area contributed by atoms with Crippen molar-refractivity contribution in [3.05, 3.63) is 64.9 Å². The van der Waals surface area contributed by atoms with Crippen molar-refractivity contribution in [2.24, 2.45) is 0 Å². The second-order valence-electron chi connectivity index (χ2n) is 8.64. The van der Waals surface area contributed by atoms with Gasteiger partial charge >= 0.3 is 0 Å². The molecular weight excluding hydrogens is 404 g/mol. The van der Waals surface area contributed by atoms with Crippen molar-refractivity contribution in [3.8, 4) is 5.75 Å². The average Bonchev–Trinajstić information content (AvgIpc) is 3.35. The number of furan rings is 1. The molecule has 166 valence electrons. The van der Waals surface area contributed by atoms with Gasteiger partial charge in [0.2, 0.25) is 5.91 Å². The zero-order chi connectivity index (χ0) is 22.1. The summed E-state index contributed by atoms with van der Waals surface area (Å²) in [6.07, 6.45) is 6.21. The summed E-state index contributed by atoms with van der Waals surface area (Å²) in [6.45, 7) is 2.33. The van der Waals surface area contributed by atoms with Gasteiger partial charge in [-0.3, -0.25) is 9.59 Å². The number of hydrogen-bond acceptors (Lipinski definition) is 4. The van der Waals surface area contributed by atoms with Crippen LogP contribution in [0.25, 0.3) is 11.0 Å². The van der Waals surface area contributed by atoms with Crippen LogP contribution in [0.5, 0.6) is 5.75 Å². The number of fused-ring (bicyclic) bond motifs is 2. The minimum Gasteiger partial charge on any atom is -0.496 e. The van der Waals surface area contributed by atoms with E-state index in [1.54, 1.807) is 25.5 Å². The Labute approximate surface area is 187 Å². The highest BCUT2D eigenvalue weighted by molar-refractivity contribution is 5.97. The number of nitrogens with zero attached hydrogens (tertiary/aromatic N) is 2. The smallest absolute Gasteiger partial charge is 0.257 e. The highest BCUT2D eigenvalue weighted by atomic mass is 16.5. The molecule has 0 N–H and O–H groups in total. The molecule has 0 saturated carbocycles. The topological polar surface area (TPSA) is 63.0 Å². The predicted octanol–water partition coefficient (Wildman–Crippen LogP) is 3.85. The molecule has 2 heterocycles. The molecule has 0 bridgehead atoms. The first-order chi connectivity index (χ1) is 15.6. The second kappa shape index (κ2) is 8.69. The Bertz CT molecular complexity index is 1170. The SMILES string of the molecule is COc1ccccc1C(=O)N1CCCN(C(=O)Cc2coc3cc4c(cc23)CCC4)CC1. The summed E-state index contributed by atoms with van der Waals surface area (Å²) < 4.78 is 11.1. The number of hydrogen-bond donors (Lipinski definition) is 0. The van der Waals surface area contributed by atoms with Crippen molar-refractivity contribution in [1.82, 2.24) is 9.80 Å². The van der Waals surface area contributed by atoms with Crippen LogP contribution in [-0.2, 0) is 24.1 Å². The first-order valence-electron chi connectivity index (χ1n) is 11.4. The third kappa shape index (κ3) is 3.85.